The fraction of sp³-hybridized carbons (Fsp3) is 0.182. The lowest BCUT2D eigenvalue weighted by Crippen LogP contribution is -1.98. The van der Waals surface area contributed by atoms with Gasteiger partial charge >= 0.3 is 0 Å². The van der Waals surface area contributed by atoms with Gasteiger partial charge in [-0.1, -0.05) is 11.6 Å². The normalized spacial score (nSPS) is 10.3. The van der Waals surface area contributed by atoms with Crippen LogP contribution in [0.3, 0.4) is 0 Å². The molecule has 1 aromatic carbocycles. The van der Waals surface area contributed by atoms with Crippen molar-refractivity contribution in [2.24, 2.45) is 0 Å². The molecule has 1 N–H and O–H groups in total. The highest BCUT2D eigenvalue weighted by Gasteiger charge is 2.02. The van der Waals surface area contributed by atoms with Gasteiger partial charge < -0.3 is 10.1 Å². The third-order valence-corrected chi connectivity index (χ3v) is 4.10. The van der Waals surface area contributed by atoms with Gasteiger partial charge in [-0.2, -0.15) is 0 Å². The summed E-state index contributed by atoms with van der Waals surface area (Å²) in [5.74, 6) is 0.886. The standard InChI is InChI=1S/C11H10ClIN2OS/c1-16-10-3-2-7(4-9(10)13)14-5-8-6-15-11(12)17-8/h2-4,6,14H,5H2,1H3. The second kappa shape index (κ2) is 5.88. The summed E-state index contributed by atoms with van der Waals surface area (Å²) < 4.78 is 6.86. The molecule has 0 spiro atoms. The number of anilines is 1. The van der Waals surface area contributed by atoms with E-state index in [2.05, 4.69) is 32.9 Å². The number of ether oxygens (including phenoxy) is 1. The van der Waals surface area contributed by atoms with Crippen molar-refractivity contribution in [3.05, 3.63) is 37.3 Å². The van der Waals surface area contributed by atoms with Crippen molar-refractivity contribution in [1.29, 1.82) is 0 Å². The summed E-state index contributed by atoms with van der Waals surface area (Å²) in [6.45, 7) is 0.729. The molecule has 3 nitrogen and oxygen atoms in total. The zero-order chi connectivity index (χ0) is 12.3. The second-order valence-corrected chi connectivity index (χ2v) is 6.14. The van der Waals surface area contributed by atoms with Crippen LogP contribution in [0.15, 0.2) is 24.4 Å². The number of hydrogen-bond acceptors (Lipinski definition) is 4. The van der Waals surface area contributed by atoms with Gasteiger partial charge in [0.2, 0.25) is 0 Å². The third-order valence-electron chi connectivity index (χ3n) is 2.14. The molecule has 2 rings (SSSR count). The molecule has 6 heteroatoms. The molecule has 0 aliphatic rings. The van der Waals surface area contributed by atoms with E-state index in [1.807, 2.05) is 18.2 Å². The molecule has 0 saturated carbocycles. The van der Waals surface area contributed by atoms with E-state index in [-0.39, 0.29) is 0 Å². The minimum absolute atomic E-state index is 0.575. The topological polar surface area (TPSA) is 34.1 Å². The highest BCUT2D eigenvalue weighted by Crippen LogP contribution is 2.25. The van der Waals surface area contributed by atoms with E-state index in [0.29, 0.717) is 4.47 Å². The highest BCUT2D eigenvalue weighted by molar-refractivity contribution is 14.1. The Balaban J connectivity index is 2.02. The number of nitrogens with one attached hydrogen (secondary N) is 1. The van der Waals surface area contributed by atoms with Gasteiger partial charge in [0.1, 0.15) is 5.75 Å². The minimum atomic E-state index is 0.575. The zero-order valence-electron chi connectivity index (χ0n) is 9.04. The van der Waals surface area contributed by atoms with Crippen LogP contribution in [0.4, 0.5) is 5.69 Å². The molecule has 0 radical (unpaired) electrons. The Morgan fingerprint density at radius 3 is 2.94 bits per heavy atom. The Labute approximate surface area is 122 Å². The van der Waals surface area contributed by atoms with Gasteiger partial charge in [-0.15, -0.1) is 11.3 Å². The molecule has 90 valence electrons. The van der Waals surface area contributed by atoms with Crippen LogP contribution in [0.5, 0.6) is 5.75 Å². The van der Waals surface area contributed by atoms with Gasteiger partial charge in [0, 0.05) is 16.8 Å². The number of methoxy groups -OCH3 is 1. The maximum Gasteiger partial charge on any atom is 0.183 e. The van der Waals surface area contributed by atoms with Gasteiger partial charge in [-0.3, -0.25) is 0 Å². The van der Waals surface area contributed by atoms with E-state index in [1.54, 1.807) is 13.3 Å². The molecule has 0 aliphatic carbocycles. The van der Waals surface area contributed by atoms with E-state index >= 15 is 0 Å². The molecule has 0 fully saturated rings. The molecule has 17 heavy (non-hydrogen) atoms. The summed E-state index contributed by atoms with van der Waals surface area (Å²) in [6, 6.07) is 5.98. The fourth-order valence-electron chi connectivity index (χ4n) is 1.33. The lowest BCUT2D eigenvalue weighted by molar-refractivity contribution is 0.412. The first-order valence-corrected chi connectivity index (χ1v) is 7.14. The Bertz CT molecular complexity index is 518. The van der Waals surface area contributed by atoms with Crippen molar-refractivity contribution < 1.29 is 4.74 Å². The summed E-state index contributed by atoms with van der Waals surface area (Å²) in [7, 11) is 1.67. The van der Waals surface area contributed by atoms with Crippen LogP contribution in [-0.2, 0) is 6.54 Å². The summed E-state index contributed by atoms with van der Waals surface area (Å²) in [4.78, 5) is 5.11. The van der Waals surface area contributed by atoms with Gasteiger partial charge in [-0.05, 0) is 40.8 Å². The average Bonchev–Trinajstić information content (AvgIpc) is 2.73. The van der Waals surface area contributed by atoms with Gasteiger partial charge in [-0.25, -0.2) is 4.98 Å². The van der Waals surface area contributed by atoms with Crippen LogP contribution in [0.25, 0.3) is 0 Å². The molecule has 0 bridgehead atoms. The van der Waals surface area contributed by atoms with Crippen LogP contribution < -0.4 is 10.1 Å². The largest absolute Gasteiger partial charge is 0.496 e. The van der Waals surface area contributed by atoms with E-state index < -0.39 is 0 Å². The number of rotatable bonds is 4. The third kappa shape index (κ3) is 3.46. The summed E-state index contributed by atoms with van der Waals surface area (Å²) in [5, 5.41) is 3.32. The second-order valence-electron chi connectivity index (χ2n) is 3.28. The van der Waals surface area contributed by atoms with Crippen molar-refractivity contribution in [2.75, 3.05) is 12.4 Å². The molecule has 2 aromatic rings. The maximum absolute atomic E-state index is 5.77. The van der Waals surface area contributed by atoms with E-state index in [4.69, 9.17) is 16.3 Å². The molecule has 1 heterocycles. The molecule has 1 aromatic heterocycles. The summed E-state index contributed by atoms with van der Waals surface area (Å²) in [5.41, 5.74) is 1.06. The fourth-order valence-corrected chi connectivity index (χ4v) is 2.98. The van der Waals surface area contributed by atoms with Crippen molar-refractivity contribution in [2.45, 2.75) is 6.54 Å². The van der Waals surface area contributed by atoms with Crippen LogP contribution in [0.2, 0.25) is 4.47 Å². The molecule has 0 unspecified atom stereocenters. The number of halogens is 2. The first-order chi connectivity index (χ1) is 8.19. The number of aromatic nitrogens is 1. The first kappa shape index (κ1) is 12.9. The number of nitrogens with zero attached hydrogens (tertiary/aromatic N) is 1. The van der Waals surface area contributed by atoms with Gasteiger partial charge in [0.25, 0.3) is 0 Å². The predicted molar refractivity (Wildman–Crippen MR) is 80.2 cm³/mol. The Hall–Kier alpha value is -0.530. The molecular formula is C11H10ClIN2OS. The average molecular weight is 381 g/mol. The Morgan fingerprint density at radius 1 is 1.53 bits per heavy atom. The smallest absolute Gasteiger partial charge is 0.183 e. The quantitative estimate of drug-likeness (QED) is 0.814. The van der Waals surface area contributed by atoms with Crippen LogP contribution in [0.1, 0.15) is 4.88 Å². The zero-order valence-corrected chi connectivity index (χ0v) is 12.8. The number of hydrogen-bond donors (Lipinski definition) is 1. The molecular weight excluding hydrogens is 371 g/mol. The van der Waals surface area contributed by atoms with E-state index in [0.717, 1.165) is 26.4 Å². The SMILES string of the molecule is COc1ccc(NCc2cnc(Cl)s2)cc1I. The lowest BCUT2D eigenvalue weighted by Gasteiger charge is -2.07. The van der Waals surface area contributed by atoms with Crippen molar-refractivity contribution in [3.63, 3.8) is 0 Å². The predicted octanol–water partition coefficient (Wildman–Crippen LogP) is 4.02. The van der Waals surface area contributed by atoms with Gasteiger partial charge in [0.05, 0.1) is 17.2 Å². The van der Waals surface area contributed by atoms with E-state index in [1.165, 1.54) is 11.3 Å². The molecule has 0 saturated heterocycles. The number of benzene rings is 1. The Morgan fingerprint density at radius 2 is 2.35 bits per heavy atom. The van der Waals surface area contributed by atoms with Gasteiger partial charge in [0.15, 0.2) is 4.47 Å². The monoisotopic (exact) mass is 380 g/mol. The summed E-state index contributed by atoms with van der Waals surface area (Å²) >= 11 is 9.50. The van der Waals surface area contributed by atoms with E-state index in [9.17, 15) is 0 Å². The molecule has 0 amide bonds. The highest BCUT2D eigenvalue weighted by atomic mass is 127. The Kier molecular flexibility index (Phi) is 4.47. The minimum Gasteiger partial charge on any atom is -0.496 e. The van der Waals surface area contributed by atoms with Crippen molar-refractivity contribution >= 4 is 51.2 Å². The van der Waals surface area contributed by atoms with Crippen molar-refractivity contribution in [3.8, 4) is 5.75 Å². The number of thiazole rings is 1. The van der Waals surface area contributed by atoms with Crippen LogP contribution in [-0.4, -0.2) is 12.1 Å². The van der Waals surface area contributed by atoms with Crippen molar-refractivity contribution in [1.82, 2.24) is 4.98 Å². The first-order valence-electron chi connectivity index (χ1n) is 4.86. The molecule has 0 atom stereocenters. The van der Waals surface area contributed by atoms with Crippen LogP contribution in [0, 0.1) is 3.57 Å². The maximum atomic E-state index is 5.77. The van der Waals surface area contributed by atoms with Crippen LogP contribution >= 0.6 is 45.5 Å². The lowest BCUT2D eigenvalue weighted by atomic mass is 10.3. The molecule has 0 aliphatic heterocycles. The summed E-state index contributed by atoms with van der Waals surface area (Å²) in [6.07, 6.45) is 1.79.